The summed E-state index contributed by atoms with van der Waals surface area (Å²) in [5.41, 5.74) is 9.04. The molecule has 0 N–H and O–H groups in total. The maximum absolute atomic E-state index is 8.76. The fourth-order valence-electron chi connectivity index (χ4n) is 7.67. The number of hydrogen-bond acceptors (Lipinski definition) is 4. The molecule has 3 nitrogen and oxygen atoms in total. The fraction of sp³-hybridized carbons (Fsp3) is 0.170. The van der Waals surface area contributed by atoms with Gasteiger partial charge in [0.05, 0.1) is 13.7 Å². The van der Waals surface area contributed by atoms with Gasteiger partial charge in [0.25, 0.3) is 0 Å². The molecular formula is C53H46IrN2OSSi-2. The van der Waals surface area contributed by atoms with Crippen LogP contribution in [0.4, 0.5) is 0 Å². The molecule has 0 bridgehead atoms. The molecule has 295 valence electrons. The Kier molecular flexibility index (Phi) is 10.4. The van der Waals surface area contributed by atoms with Crippen LogP contribution in [0.5, 0.6) is 0 Å². The van der Waals surface area contributed by atoms with Crippen molar-refractivity contribution < 1.29 is 27.3 Å². The number of para-hydroxylation sites is 1. The summed E-state index contributed by atoms with van der Waals surface area (Å²) in [7, 11) is -1.31. The second-order valence-corrected chi connectivity index (χ2v) is 23.2. The van der Waals surface area contributed by atoms with Crippen molar-refractivity contribution in [3.8, 4) is 33.6 Å². The molecule has 0 aliphatic heterocycles. The van der Waals surface area contributed by atoms with E-state index in [0.29, 0.717) is 5.56 Å². The van der Waals surface area contributed by atoms with Gasteiger partial charge in [0.2, 0.25) is 0 Å². The molecule has 0 atom stereocenters. The van der Waals surface area contributed by atoms with Gasteiger partial charge in [0, 0.05) is 45.3 Å². The van der Waals surface area contributed by atoms with Gasteiger partial charge in [-0.3, -0.25) is 0 Å². The summed E-state index contributed by atoms with van der Waals surface area (Å²) in [6.07, 6.45) is 2.26. The van der Waals surface area contributed by atoms with Crippen LogP contribution in [0.3, 0.4) is 0 Å². The third-order valence-corrected chi connectivity index (χ3v) is 13.7. The number of pyridine rings is 2. The van der Waals surface area contributed by atoms with Crippen LogP contribution in [0.25, 0.3) is 86.5 Å². The Morgan fingerprint density at radius 3 is 2.29 bits per heavy atom. The SMILES string of the molecule is C[Si](C)(C)c1ccc(-c2[c-]cc3oc4ccccc4c3c2)nc1.[2H]C([2H])(c1ccnc(-c2[c-]c(C)cc3c2sc2ccc(-c4cccc5ccccc45)cc23)c1)C(C)(C)C.[Ir]. The van der Waals surface area contributed by atoms with E-state index in [-0.39, 0.29) is 20.1 Å². The van der Waals surface area contributed by atoms with Crippen molar-refractivity contribution in [3.05, 3.63) is 163 Å². The summed E-state index contributed by atoms with van der Waals surface area (Å²) < 4.78 is 25.7. The standard InChI is InChI=1S/C33H28NS.C20H18NOSi.Ir/c1-21-16-28-27-19-24(26-11-7-9-23-8-5-6-10-25(23)26)12-13-31(27)35-32(28)29(17-21)30-18-22(14-15-34-30)20-33(2,3)4;1-23(2,3)15-9-10-18(21-13-15)14-8-11-20-17(12-14)16-6-4-5-7-19(16)22-20;/h5-16,18-19H,20H2,1-4H3;4-7,9-13H,1-3H3;/q2*-1;/i20D2;;. The number of thiophene rings is 1. The zero-order valence-electron chi connectivity index (χ0n) is 36.3. The maximum Gasteiger partial charge on any atom is 0.120 e. The Bertz CT molecular complexity index is 3230. The predicted molar refractivity (Wildman–Crippen MR) is 251 cm³/mol. The molecule has 6 aromatic carbocycles. The molecule has 0 unspecified atom stereocenters. The Labute approximate surface area is 368 Å². The molecule has 4 heterocycles. The molecule has 0 fully saturated rings. The van der Waals surface area contributed by atoms with Crippen LogP contribution < -0.4 is 5.19 Å². The number of rotatable bonds is 5. The second-order valence-electron chi connectivity index (χ2n) is 17.1. The number of benzene rings is 6. The van der Waals surface area contributed by atoms with E-state index in [0.717, 1.165) is 54.7 Å². The number of hydrogen-bond donors (Lipinski definition) is 0. The van der Waals surface area contributed by atoms with Crippen molar-refractivity contribution in [1.29, 1.82) is 0 Å². The van der Waals surface area contributed by atoms with E-state index >= 15 is 0 Å². The normalized spacial score (nSPS) is 12.7. The first kappa shape index (κ1) is 38.0. The van der Waals surface area contributed by atoms with Crippen molar-refractivity contribution in [2.75, 3.05) is 0 Å². The van der Waals surface area contributed by atoms with Gasteiger partial charge in [-0.1, -0.05) is 149 Å². The van der Waals surface area contributed by atoms with Gasteiger partial charge in [0.15, 0.2) is 0 Å². The van der Waals surface area contributed by atoms with Crippen molar-refractivity contribution in [1.82, 2.24) is 9.97 Å². The molecule has 59 heavy (non-hydrogen) atoms. The zero-order chi connectivity index (χ0) is 42.0. The number of furan rings is 1. The van der Waals surface area contributed by atoms with E-state index in [2.05, 4.69) is 140 Å². The molecule has 4 aromatic heterocycles. The van der Waals surface area contributed by atoms with E-state index in [1.807, 2.05) is 57.3 Å². The van der Waals surface area contributed by atoms with Gasteiger partial charge >= 0.3 is 0 Å². The van der Waals surface area contributed by atoms with Crippen LogP contribution in [0.2, 0.25) is 19.6 Å². The Morgan fingerprint density at radius 2 is 1.51 bits per heavy atom. The largest absolute Gasteiger partial charge is 0.500 e. The van der Waals surface area contributed by atoms with E-state index in [9.17, 15) is 0 Å². The van der Waals surface area contributed by atoms with Gasteiger partial charge in [-0.05, 0) is 84.6 Å². The fourth-order valence-corrected chi connectivity index (χ4v) is 9.88. The summed E-state index contributed by atoms with van der Waals surface area (Å²) >= 11 is 1.75. The minimum absolute atomic E-state index is 0. The van der Waals surface area contributed by atoms with Crippen LogP contribution >= 0.6 is 11.3 Å². The smallest absolute Gasteiger partial charge is 0.120 e. The topological polar surface area (TPSA) is 38.9 Å². The van der Waals surface area contributed by atoms with Crippen LogP contribution in [0, 0.1) is 24.5 Å². The first-order chi connectivity index (χ1) is 28.7. The monoisotopic (exact) mass is 981 g/mol. The van der Waals surface area contributed by atoms with Crippen molar-refractivity contribution in [2.24, 2.45) is 5.41 Å². The van der Waals surface area contributed by atoms with Crippen molar-refractivity contribution in [3.63, 3.8) is 0 Å². The quantitative estimate of drug-likeness (QED) is 0.127. The first-order valence-corrected chi connectivity index (χ1v) is 24.1. The van der Waals surface area contributed by atoms with Gasteiger partial charge in [-0.2, -0.15) is 11.3 Å². The molecule has 10 aromatic rings. The maximum atomic E-state index is 8.76. The average molecular weight is 981 g/mol. The summed E-state index contributed by atoms with van der Waals surface area (Å²) in [5, 5.41) is 8.54. The van der Waals surface area contributed by atoms with Gasteiger partial charge in [0.1, 0.15) is 5.58 Å². The number of aryl methyl sites for hydroxylation is 1. The summed E-state index contributed by atoms with van der Waals surface area (Å²) in [6, 6.07) is 51.0. The molecule has 0 spiro atoms. The zero-order valence-corrected chi connectivity index (χ0v) is 38.5. The molecular weight excluding hydrogens is 933 g/mol. The van der Waals surface area contributed by atoms with E-state index < -0.39 is 19.9 Å². The van der Waals surface area contributed by atoms with E-state index in [1.54, 1.807) is 23.6 Å². The number of fused-ring (bicyclic) bond motifs is 7. The van der Waals surface area contributed by atoms with E-state index in [1.165, 1.54) is 42.6 Å². The molecule has 1 radical (unpaired) electrons. The third kappa shape index (κ3) is 8.33. The van der Waals surface area contributed by atoms with Gasteiger partial charge in [-0.25, -0.2) is 0 Å². The minimum atomic E-state index is -1.48. The number of nitrogens with zero attached hydrogens (tertiary/aromatic N) is 2. The van der Waals surface area contributed by atoms with Crippen molar-refractivity contribution in [2.45, 2.75) is 53.7 Å². The van der Waals surface area contributed by atoms with Gasteiger partial charge in [-0.15, -0.1) is 47.0 Å². The first-order valence-electron chi connectivity index (χ1n) is 20.8. The van der Waals surface area contributed by atoms with E-state index in [4.69, 9.17) is 7.16 Å². The third-order valence-electron chi connectivity index (χ3n) is 10.5. The Balaban J connectivity index is 0.000000184. The molecule has 10 rings (SSSR count). The Hall–Kier alpha value is -5.23. The predicted octanol–water partition coefficient (Wildman–Crippen LogP) is 14.6. The molecule has 0 aliphatic rings. The number of aromatic nitrogens is 2. The van der Waals surface area contributed by atoms with Crippen LogP contribution in [0.15, 0.2) is 144 Å². The van der Waals surface area contributed by atoms with Crippen LogP contribution in [-0.4, -0.2) is 18.0 Å². The van der Waals surface area contributed by atoms with Crippen LogP contribution in [0.1, 0.15) is 34.6 Å². The molecule has 0 saturated heterocycles. The molecule has 0 saturated carbocycles. The van der Waals surface area contributed by atoms with Crippen LogP contribution in [-0.2, 0) is 26.5 Å². The second kappa shape index (κ2) is 16.1. The molecule has 0 amide bonds. The summed E-state index contributed by atoms with van der Waals surface area (Å²) in [5.74, 6) is 0. The van der Waals surface area contributed by atoms with Gasteiger partial charge < -0.3 is 14.4 Å². The average Bonchev–Trinajstić information content (AvgIpc) is 3.80. The molecule has 0 aliphatic carbocycles. The van der Waals surface area contributed by atoms with Crippen molar-refractivity contribution >= 4 is 77.5 Å². The summed E-state index contributed by atoms with van der Waals surface area (Å²) in [6.45, 7) is 14.9. The molecule has 6 heteroatoms. The Morgan fingerprint density at radius 1 is 0.729 bits per heavy atom. The summed E-state index contributed by atoms with van der Waals surface area (Å²) in [4.78, 5) is 9.33. The minimum Gasteiger partial charge on any atom is -0.500 e.